The van der Waals surface area contributed by atoms with Crippen LogP contribution in [0, 0.1) is 5.92 Å². The summed E-state index contributed by atoms with van der Waals surface area (Å²) < 4.78 is 5.84. The van der Waals surface area contributed by atoms with Crippen molar-refractivity contribution < 1.29 is 14.6 Å². The van der Waals surface area contributed by atoms with Crippen LogP contribution in [0.4, 0.5) is 0 Å². The Kier molecular flexibility index (Phi) is 4.98. The van der Waals surface area contributed by atoms with Gasteiger partial charge in [0.05, 0.1) is 13.0 Å². The highest BCUT2D eigenvalue weighted by molar-refractivity contribution is 5.70. The van der Waals surface area contributed by atoms with E-state index in [2.05, 4.69) is 34.6 Å². The number of carboxylic acid groups (broad SMARTS) is 1. The predicted octanol–water partition coefficient (Wildman–Crippen LogP) is 3.65. The van der Waals surface area contributed by atoms with Crippen molar-refractivity contribution >= 4 is 5.97 Å². The zero-order chi connectivity index (χ0) is 14.6. The molecule has 0 unspecified atom stereocenters. The summed E-state index contributed by atoms with van der Waals surface area (Å²) in [6.07, 6.45) is 0.0491. The molecule has 1 N–H and O–H groups in total. The largest absolute Gasteiger partial charge is 0.493 e. The normalized spacial score (nSPS) is 11.7. The van der Waals surface area contributed by atoms with E-state index in [1.807, 2.05) is 18.2 Å². The third-order valence-corrected chi connectivity index (χ3v) is 2.78. The first-order valence-electron chi connectivity index (χ1n) is 6.68. The van der Waals surface area contributed by atoms with E-state index >= 15 is 0 Å². The number of benzene rings is 1. The Labute approximate surface area is 115 Å². The van der Waals surface area contributed by atoms with Crippen molar-refractivity contribution in [2.24, 2.45) is 5.92 Å². The van der Waals surface area contributed by atoms with E-state index in [0.29, 0.717) is 12.5 Å². The molecule has 106 valence electrons. The molecule has 3 nitrogen and oxygen atoms in total. The van der Waals surface area contributed by atoms with Crippen LogP contribution in [0.2, 0.25) is 0 Å². The summed E-state index contributed by atoms with van der Waals surface area (Å²) >= 11 is 0. The highest BCUT2D eigenvalue weighted by atomic mass is 16.5. The highest BCUT2D eigenvalue weighted by Gasteiger charge is 2.20. The fourth-order valence-corrected chi connectivity index (χ4v) is 1.83. The van der Waals surface area contributed by atoms with E-state index in [9.17, 15) is 4.79 Å². The van der Waals surface area contributed by atoms with Crippen molar-refractivity contribution in [2.45, 2.75) is 46.5 Å². The first-order valence-corrected chi connectivity index (χ1v) is 6.68. The average Bonchev–Trinajstić information content (AvgIpc) is 2.25. The minimum atomic E-state index is -0.810. The Bertz CT molecular complexity index is 442. The molecule has 0 fully saturated rings. The van der Waals surface area contributed by atoms with E-state index in [0.717, 1.165) is 16.9 Å². The monoisotopic (exact) mass is 264 g/mol. The third-order valence-electron chi connectivity index (χ3n) is 2.78. The number of hydrogen-bond donors (Lipinski definition) is 1. The Balaban J connectivity index is 3.06. The smallest absolute Gasteiger partial charge is 0.307 e. The summed E-state index contributed by atoms with van der Waals surface area (Å²) in [5.74, 6) is 0.512. The molecule has 0 heterocycles. The van der Waals surface area contributed by atoms with Gasteiger partial charge in [0.2, 0.25) is 0 Å². The summed E-state index contributed by atoms with van der Waals surface area (Å²) in [6.45, 7) is 11.2. The SMILES string of the molecule is CC(C)COc1ccc(CC(=O)O)cc1C(C)(C)C. The third kappa shape index (κ3) is 4.93. The van der Waals surface area contributed by atoms with Crippen LogP contribution in [0.5, 0.6) is 5.75 Å². The van der Waals surface area contributed by atoms with Crippen molar-refractivity contribution in [3.8, 4) is 5.75 Å². The second kappa shape index (κ2) is 6.09. The molecule has 0 saturated heterocycles. The van der Waals surface area contributed by atoms with Gasteiger partial charge < -0.3 is 9.84 Å². The topological polar surface area (TPSA) is 46.5 Å². The maximum absolute atomic E-state index is 10.8. The van der Waals surface area contributed by atoms with Gasteiger partial charge in [-0.3, -0.25) is 4.79 Å². The molecule has 3 heteroatoms. The van der Waals surface area contributed by atoms with E-state index in [1.165, 1.54) is 0 Å². The van der Waals surface area contributed by atoms with Gasteiger partial charge in [-0.1, -0.05) is 46.8 Å². The Morgan fingerprint density at radius 1 is 1.32 bits per heavy atom. The molecule has 0 bridgehead atoms. The number of ether oxygens (including phenoxy) is 1. The Hall–Kier alpha value is -1.51. The Morgan fingerprint density at radius 3 is 2.42 bits per heavy atom. The van der Waals surface area contributed by atoms with Crippen molar-refractivity contribution in [1.29, 1.82) is 0 Å². The molecular formula is C16H24O3. The lowest BCUT2D eigenvalue weighted by molar-refractivity contribution is -0.136. The summed E-state index contributed by atoms with van der Waals surface area (Å²) in [4.78, 5) is 10.8. The van der Waals surface area contributed by atoms with Gasteiger partial charge >= 0.3 is 5.97 Å². The van der Waals surface area contributed by atoms with E-state index in [-0.39, 0.29) is 11.8 Å². The van der Waals surface area contributed by atoms with Gasteiger partial charge in [-0.05, 0) is 28.5 Å². The molecule has 1 rings (SSSR count). The standard InChI is InChI=1S/C16H24O3/c1-11(2)10-19-14-7-6-12(9-15(17)18)8-13(14)16(3,4)5/h6-8,11H,9-10H2,1-5H3,(H,17,18). The minimum absolute atomic E-state index is 0.0491. The van der Waals surface area contributed by atoms with Crippen molar-refractivity contribution in [2.75, 3.05) is 6.61 Å². The van der Waals surface area contributed by atoms with Gasteiger partial charge in [0.15, 0.2) is 0 Å². The van der Waals surface area contributed by atoms with Crippen LogP contribution >= 0.6 is 0 Å². The fraction of sp³-hybridized carbons (Fsp3) is 0.562. The maximum Gasteiger partial charge on any atom is 0.307 e. The lowest BCUT2D eigenvalue weighted by atomic mass is 9.85. The zero-order valence-corrected chi connectivity index (χ0v) is 12.5. The average molecular weight is 264 g/mol. The van der Waals surface area contributed by atoms with Crippen LogP contribution in [0.25, 0.3) is 0 Å². The predicted molar refractivity (Wildman–Crippen MR) is 76.8 cm³/mol. The molecule has 0 aliphatic rings. The van der Waals surface area contributed by atoms with E-state index in [1.54, 1.807) is 0 Å². The van der Waals surface area contributed by atoms with Crippen molar-refractivity contribution in [3.05, 3.63) is 29.3 Å². The van der Waals surface area contributed by atoms with Crippen LogP contribution in [0.1, 0.15) is 45.7 Å². The second-order valence-corrected chi connectivity index (χ2v) is 6.36. The van der Waals surface area contributed by atoms with Crippen LogP contribution in [-0.2, 0) is 16.6 Å². The fourth-order valence-electron chi connectivity index (χ4n) is 1.83. The van der Waals surface area contributed by atoms with Gasteiger partial charge in [0.25, 0.3) is 0 Å². The minimum Gasteiger partial charge on any atom is -0.493 e. The quantitative estimate of drug-likeness (QED) is 0.883. The molecule has 0 aliphatic carbocycles. The van der Waals surface area contributed by atoms with Crippen molar-refractivity contribution in [1.82, 2.24) is 0 Å². The molecule has 19 heavy (non-hydrogen) atoms. The van der Waals surface area contributed by atoms with E-state index < -0.39 is 5.97 Å². The van der Waals surface area contributed by atoms with Crippen LogP contribution in [-0.4, -0.2) is 17.7 Å². The molecular weight excluding hydrogens is 240 g/mol. The first-order chi connectivity index (χ1) is 8.70. The molecule has 0 saturated carbocycles. The Morgan fingerprint density at radius 2 is 1.95 bits per heavy atom. The summed E-state index contributed by atoms with van der Waals surface area (Å²) in [7, 11) is 0. The molecule has 0 amide bonds. The zero-order valence-electron chi connectivity index (χ0n) is 12.5. The molecule has 0 radical (unpaired) electrons. The highest BCUT2D eigenvalue weighted by Crippen LogP contribution is 2.32. The molecule has 0 aliphatic heterocycles. The molecule has 0 aromatic heterocycles. The van der Waals surface area contributed by atoms with Gasteiger partial charge in [-0.15, -0.1) is 0 Å². The summed E-state index contributed by atoms with van der Waals surface area (Å²) in [5.41, 5.74) is 1.81. The number of hydrogen-bond acceptors (Lipinski definition) is 2. The van der Waals surface area contributed by atoms with Gasteiger partial charge in [0.1, 0.15) is 5.75 Å². The summed E-state index contributed by atoms with van der Waals surface area (Å²) in [6, 6.07) is 5.67. The molecule has 1 aromatic rings. The second-order valence-electron chi connectivity index (χ2n) is 6.36. The van der Waals surface area contributed by atoms with Crippen LogP contribution in [0.15, 0.2) is 18.2 Å². The number of carbonyl (C=O) groups is 1. The lowest BCUT2D eigenvalue weighted by Crippen LogP contribution is -2.16. The first kappa shape index (κ1) is 15.5. The van der Waals surface area contributed by atoms with Crippen LogP contribution < -0.4 is 4.74 Å². The number of aliphatic carboxylic acids is 1. The maximum atomic E-state index is 10.8. The molecule has 1 aromatic carbocycles. The molecule has 0 atom stereocenters. The van der Waals surface area contributed by atoms with Crippen LogP contribution in [0.3, 0.4) is 0 Å². The van der Waals surface area contributed by atoms with Gasteiger partial charge in [-0.2, -0.15) is 0 Å². The lowest BCUT2D eigenvalue weighted by Gasteiger charge is -2.24. The summed E-state index contributed by atoms with van der Waals surface area (Å²) in [5, 5.41) is 8.87. The number of carboxylic acids is 1. The van der Waals surface area contributed by atoms with Gasteiger partial charge in [0, 0.05) is 0 Å². The van der Waals surface area contributed by atoms with Gasteiger partial charge in [-0.25, -0.2) is 0 Å². The van der Waals surface area contributed by atoms with Crippen molar-refractivity contribution in [3.63, 3.8) is 0 Å². The number of rotatable bonds is 5. The molecule has 0 spiro atoms. The van der Waals surface area contributed by atoms with E-state index in [4.69, 9.17) is 9.84 Å².